The largest absolute Gasteiger partial charge is 0.489 e. The lowest BCUT2D eigenvalue weighted by Gasteiger charge is -2.20. The third-order valence-corrected chi connectivity index (χ3v) is 4.31. The summed E-state index contributed by atoms with van der Waals surface area (Å²) in [5, 5.41) is 0. The number of rotatable bonds is 5. The molecule has 0 heterocycles. The summed E-state index contributed by atoms with van der Waals surface area (Å²) in [6.45, 7) is 2.13. The zero-order chi connectivity index (χ0) is 17.0. The maximum atomic E-state index is 12.5. The van der Waals surface area contributed by atoms with Gasteiger partial charge in [-0.1, -0.05) is 0 Å². The molecule has 2 aliphatic rings. The molecular weight excluding hydrogens is 300 g/mol. The Bertz CT molecular complexity index is 544. The Labute approximate surface area is 135 Å². The van der Waals surface area contributed by atoms with Crippen LogP contribution in [0.3, 0.4) is 0 Å². The molecule has 2 aliphatic carbocycles. The fourth-order valence-electron chi connectivity index (χ4n) is 3.16. The summed E-state index contributed by atoms with van der Waals surface area (Å²) in [5.74, 6) is -0.743. The van der Waals surface area contributed by atoms with Crippen LogP contribution in [0.2, 0.25) is 0 Å². The summed E-state index contributed by atoms with van der Waals surface area (Å²) >= 11 is 0. The van der Waals surface area contributed by atoms with E-state index in [2.05, 4.69) is 0 Å². The molecule has 0 aliphatic heterocycles. The second-order valence-corrected chi connectivity index (χ2v) is 5.63. The van der Waals surface area contributed by atoms with Crippen molar-refractivity contribution in [3.8, 4) is 0 Å². The lowest BCUT2D eigenvalue weighted by molar-refractivity contribution is -0.144. The summed E-state index contributed by atoms with van der Waals surface area (Å²) in [7, 11) is 2.71. The second kappa shape index (κ2) is 7.44. The summed E-state index contributed by atoms with van der Waals surface area (Å²) in [6, 6.07) is 0. The first-order valence-corrected chi connectivity index (χ1v) is 7.82. The molecular formula is C17H22O6. The Hall–Kier alpha value is -2.11. The minimum atomic E-state index is -0.282. The van der Waals surface area contributed by atoms with Crippen molar-refractivity contribution in [3.63, 3.8) is 0 Å². The van der Waals surface area contributed by atoms with Crippen LogP contribution in [0, 0.1) is 5.92 Å². The number of ether oxygens (including phenoxy) is 3. The number of Topliss-reactive ketones (excluding diaryl/α,β-unsaturated/α-hetero) is 2. The average molecular weight is 322 g/mol. The van der Waals surface area contributed by atoms with Gasteiger partial charge in [-0.2, -0.15) is 0 Å². The van der Waals surface area contributed by atoms with E-state index < -0.39 is 0 Å². The number of methoxy groups -OCH3 is 2. The molecule has 23 heavy (non-hydrogen) atoms. The minimum Gasteiger partial charge on any atom is -0.489 e. The SMILES string of the molecule is CCOC(=O)CC1CCC2=C(CC1)C(=O)C(OC)=C(OC)C2=O. The van der Waals surface area contributed by atoms with E-state index >= 15 is 0 Å². The molecule has 0 spiro atoms. The van der Waals surface area contributed by atoms with Crippen LogP contribution in [-0.2, 0) is 28.6 Å². The van der Waals surface area contributed by atoms with Gasteiger partial charge in [0.1, 0.15) is 0 Å². The third kappa shape index (κ3) is 3.46. The van der Waals surface area contributed by atoms with E-state index in [1.807, 2.05) is 0 Å². The number of carbonyl (C=O) groups excluding carboxylic acids is 3. The van der Waals surface area contributed by atoms with Gasteiger partial charge < -0.3 is 14.2 Å². The Balaban J connectivity index is 2.16. The molecule has 0 aromatic heterocycles. The number of esters is 1. The highest BCUT2D eigenvalue weighted by atomic mass is 16.5. The van der Waals surface area contributed by atoms with E-state index in [4.69, 9.17) is 14.2 Å². The maximum absolute atomic E-state index is 12.5. The lowest BCUT2D eigenvalue weighted by atomic mass is 9.89. The fourth-order valence-corrected chi connectivity index (χ4v) is 3.16. The third-order valence-electron chi connectivity index (χ3n) is 4.31. The molecule has 0 amide bonds. The van der Waals surface area contributed by atoms with Gasteiger partial charge in [0.25, 0.3) is 0 Å². The van der Waals surface area contributed by atoms with Crippen LogP contribution < -0.4 is 0 Å². The molecule has 6 heteroatoms. The molecule has 0 saturated heterocycles. The summed E-state index contributed by atoms with van der Waals surface area (Å²) in [6.07, 6.45) is 2.60. The van der Waals surface area contributed by atoms with Gasteiger partial charge in [0.15, 0.2) is 0 Å². The van der Waals surface area contributed by atoms with E-state index in [9.17, 15) is 14.4 Å². The first-order valence-electron chi connectivity index (χ1n) is 7.82. The van der Waals surface area contributed by atoms with Crippen molar-refractivity contribution in [2.24, 2.45) is 5.92 Å². The molecule has 0 saturated carbocycles. The maximum Gasteiger partial charge on any atom is 0.306 e. The van der Waals surface area contributed by atoms with Gasteiger partial charge in [0.2, 0.25) is 23.1 Å². The molecule has 0 unspecified atom stereocenters. The van der Waals surface area contributed by atoms with Gasteiger partial charge in [-0.05, 0) is 38.5 Å². The monoisotopic (exact) mass is 322 g/mol. The number of carbonyl (C=O) groups is 3. The van der Waals surface area contributed by atoms with Crippen LogP contribution >= 0.6 is 0 Å². The van der Waals surface area contributed by atoms with Gasteiger partial charge in [0.05, 0.1) is 20.8 Å². The highest BCUT2D eigenvalue weighted by Gasteiger charge is 2.38. The lowest BCUT2D eigenvalue weighted by Crippen LogP contribution is -2.25. The van der Waals surface area contributed by atoms with Crippen LogP contribution in [0.5, 0.6) is 0 Å². The van der Waals surface area contributed by atoms with E-state index in [-0.39, 0.29) is 35.0 Å². The van der Waals surface area contributed by atoms with E-state index in [1.165, 1.54) is 14.2 Å². The van der Waals surface area contributed by atoms with Crippen molar-refractivity contribution in [2.45, 2.75) is 39.0 Å². The Morgan fingerprint density at radius 1 is 1.00 bits per heavy atom. The van der Waals surface area contributed by atoms with Crippen LogP contribution in [-0.4, -0.2) is 38.4 Å². The normalized spacial score (nSPS) is 19.4. The highest BCUT2D eigenvalue weighted by Crippen LogP contribution is 2.36. The summed E-state index contributed by atoms with van der Waals surface area (Å²) in [5.41, 5.74) is 0.998. The Kier molecular flexibility index (Phi) is 5.58. The topological polar surface area (TPSA) is 78.9 Å². The van der Waals surface area contributed by atoms with E-state index in [0.29, 0.717) is 49.9 Å². The molecule has 0 N–H and O–H groups in total. The van der Waals surface area contributed by atoms with Crippen molar-refractivity contribution in [1.82, 2.24) is 0 Å². The second-order valence-electron chi connectivity index (χ2n) is 5.63. The zero-order valence-electron chi connectivity index (χ0n) is 13.8. The van der Waals surface area contributed by atoms with Gasteiger partial charge in [-0.3, -0.25) is 14.4 Å². The quantitative estimate of drug-likeness (QED) is 0.569. The first-order chi connectivity index (χ1) is 11.0. The Morgan fingerprint density at radius 2 is 1.48 bits per heavy atom. The van der Waals surface area contributed by atoms with Crippen LogP contribution in [0.15, 0.2) is 22.7 Å². The molecule has 0 aromatic rings. The molecule has 0 fully saturated rings. The molecule has 126 valence electrons. The van der Waals surface area contributed by atoms with E-state index in [1.54, 1.807) is 6.92 Å². The molecule has 0 atom stereocenters. The summed E-state index contributed by atoms with van der Waals surface area (Å²) < 4.78 is 15.1. The fraction of sp³-hybridized carbons (Fsp3) is 0.588. The average Bonchev–Trinajstić information content (AvgIpc) is 2.73. The van der Waals surface area contributed by atoms with Crippen LogP contribution in [0.25, 0.3) is 0 Å². The number of hydrogen-bond acceptors (Lipinski definition) is 6. The number of allylic oxidation sites excluding steroid dienone is 2. The Morgan fingerprint density at radius 3 is 1.87 bits per heavy atom. The minimum absolute atomic E-state index is 0.0277. The highest BCUT2D eigenvalue weighted by molar-refractivity contribution is 6.23. The van der Waals surface area contributed by atoms with Crippen molar-refractivity contribution in [2.75, 3.05) is 20.8 Å². The summed E-state index contributed by atoms with van der Waals surface area (Å²) in [4.78, 5) is 36.7. The number of ketones is 2. The standard InChI is InChI=1S/C17H22O6/c1-4-23-13(18)9-10-5-7-11-12(8-6-10)15(20)17(22-3)16(21-2)14(11)19/h10H,4-9H2,1-3H3. The van der Waals surface area contributed by atoms with Crippen molar-refractivity contribution in [1.29, 1.82) is 0 Å². The molecule has 0 aromatic carbocycles. The van der Waals surface area contributed by atoms with Crippen molar-refractivity contribution >= 4 is 17.5 Å². The van der Waals surface area contributed by atoms with Gasteiger partial charge in [-0.15, -0.1) is 0 Å². The van der Waals surface area contributed by atoms with Crippen molar-refractivity contribution < 1.29 is 28.6 Å². The molecule has 0 bridgehead atoms. The van der Waals surface area contributed by atoms with Crippen LogP contribution in [0.1, 0.15) is 39.0 Å². The number of hydrogen-bond donors (Lipinski definition) is 0. The first kappa shape index (κ1) is 17.2. The molecule has 2 rings (SSSR count). The predicted molar refractivity (Wildman–Crippen MR) is 81.3 cm³/mol. The van der Waals surface area contributed by atoms with Crippen LogP contribution in [0.4, 0.5) is 0 Å². The van der Waals surface area contributed by atoms with Gasteiger partial charge in [0, 0.05) is 17.6 Å². The predicted octanol–water partition coefficient (Wildman–Crippen LogP) is 2.08. The molecule has 0 radical (unpaired) electrons. The van der Waals surface area contributed by atoms with Gasteiger partial charge in [-0.25, -0.2) is 0 Å². The van der Waals surface area contributed by atoms with E-state index in [0.717, 1.165) is 0 Å². The smallest absolute Gasteiger partial charge is 0.306 e. The zero-order valence-corrected chi connectivity index (χ0v) is 13.8. The van der Waals surface area contributed by atoms with Crippen molar-refractivity contribution in [3.05, 3.63) is 22.7 Å². The van der Waals surface area contributed by atoms with Gasteiger partial charge >= 0.3 is 5.97 Å². The molecule has 6 nitrogen and oxygen atoms in total.